The molecule has 1 aliphatic rings. The van der Waals surface area contributed by atoms with Gasteiger partial charge in [-0.15, -0.1) is 0 Å². The highest BCUT2D eigenvalue weighted by Gasteiger charge is 2.33. The number of rotatable bonds is 3. The molecule has 1 aliphatic heterocycles. The van der Waals surface area contributed by atoms with Gasteiger partial charge in [0.05, 0.1) is 6.61 Å². The SMILES string of the molecule is COCC1(C)CC(c2ccc(Br)o2)CCN1. The zero-order chi connectivity index (χ0) is 11.6. The second-order valence-electron chi connectivity index (χ2n) is 4.75. The van der Waals surface area contributed by atoms with Crippen molar-refractivity contribution in [3.8, 4) is 0 Å². The lowest BCUT2D eigenvalue weighted by molar-refractivity contribution is 0.0917. The maximum atomic E-state index is 5.64. The maximum Gasteiger partial charge on any atom is 0.169 e. The molecule has 1 aromatic heterocycles. The van der Waals surface area contributed by atoms with Crippen LogP contribution in [0.3, 0.4) is 0 Å². The average molecular weight is 288 g/mol. The van der Waals surface area contributed by atoms with Crippen molar-refractivity contribution in [2.75, 3.05) is 20.3 Å². The van der Waals surface area contributed by atoms with Gasteiger partial charge in [0.15, 0.2) is 4.67 Å². The van der Waals surface area contributed by atoms with Gasteiger partial charge in [-0.2, -0.15) is 0 Å². The van der Waals surface area contributed by atoms with Gasteiger partial charge < -0.3 is 14.5 Å². The lowest BCUT2D eigenvalue weighted by Gasteiger charge is -2.38. The number of nitrogens with one attached hydrogen (secondary N) is 1. The Bertz CT molecular complexity index is 349. The molecule has 0 aliphatic carbocycles. The molecule has 3 nitrogen and oxygen atoms in total. The highest BCUT2D eigenvalue weighted by Crippen LogP contribution is 2.34. The third-order valence-electron chi connectivity index (χ3n) is 3.20. The van der Waals surface area contributed by atoms with Crippen LogP contribution < -0.4 is 5.32 Å². The predicted molar refractivity (Wildman–Crippen MR) is 66.7 cm³/mol. The van der Waals surface area contributed by atoms with E-state index in [2.05, 4.69) is 34.2 Å². The van der Waals surface area contributed by atoms with Crippen molar-refractivity contribution in [2.24, 2.45) is 0 Å². The summed E-state index contributed by atoms with van der Waals surface area (Å²) in [5.41, 5.74) is 0.0664. The number of hydrogen-bond acceptors (Lipinski definition) is 3. The monoisotopic (exact) mass is 287 g/mol. The first kappa shape index (κ1) is 12.1. The molecule has 1 fully saturated rings. The molecule has 0 bridgehead atoms. The van der Waals surface area contributed by atoms with E-state index >= 15 is 0 Å². The van der Waals surface area contributed by atoms with Crippen molar-refractivity contribution in [1.82, 2.24) is 5.32 Å². The Kier molecular flexibility index (Phi) is 3.72. The molecule has 0 aromatic carbocycles. The van der Waals surface area contributed by atoms with Gasteiger partial charge in [0.2, 0.25) is 0 Å². The minimum absolute atomic E-state index is 0.0664. The lowest BCUT2D eigenvalue weighted by atomic mass is 9.82. The Morgan fingerprint density at radius 1 is 1.62 bits per heavy atom. The van der Waals surface area contributed by atoms with Crippen LogP contribution in [0.4, 0.5) is 0 Å². The van der Waals surface area contributed by atoms with Crippen LogP contribution in [0.25, 0.3) is 0 Å². The number of halogens is 1. The number of piperidine rings is 1. The summed E-state index contributed by atoms with van der Waals surface area (Å²) in [6.07, 6.45) is 2.18. The molecule has 0 radical (unpaired) electrons. The summed E-state index contributed by atoms with van der Waals surface area (Å²) in [5.74, 6) is 1.57. The van der Waals surface area contributed by atoms with E-state index in [1.165, 1.54) is 0 Å². The summed E-state index contributed by atoms with van der Waals surface area (Å²) in [6.45, 7) is 3.97. The number of hydrogen-bond donors (Lipinski definition) is 1. The fraction of sp³-hybridized carbons (Fsp3) is 0.667. The molecule has 0 spiro atoms. The molecular formula is C12H18BrNO2. The van der Waals surface area contributed by atoms with E-state index in [4.69, 9.17) is 9.15 Å². The smallest absolute Gasteiger partial charge is 0.169 e. The van der Waals surface area contributed by atoms with Gasteiger partial charge in [0.1, 0.15) is 5.76 Å². The molecule has 2 rings (SSSR count). The molecule has 2 atom stereocenters. The normalized spacial score (nSPS) is 30.6. The first-order valence-corrected chi connectivity index (χ1v) is 6.41. The van der Waals surface area contributed by atoms with Gasteiger partial charge in [-0.1, -0.05) is 0 Å². The Hall–Kier alpha value is -0.320. The van der Waals surface area contributed by atoms with Gasteiger partial charge in [-0.25, -0.2) is 0 Å². The summed E-state index contributed by atoms with van der Waals surface area (Å²) in [7, 11) is 1.75. The molecule has 2 heterocycles. The zero-order valence-corrected chi connectivity index (χ0v) is 11.3. The van der Waals surface area contributed by atoms with Crippen LogP contribution in [0.5, 0.6) is 0 Å². The fourth-order valence-electron chi connectivity index (χ4n) is 2.49. The Morgan fingerprint density at radius 3 is 3.06 bits per heavy atom. The van der Waals surface area contributed by atoms with Crippen LogP contribution in [-0.4, -0.2) is 25.8 Å². The van der Waals surface area contributed by atoms with E-state index in [-0.39, 0.29) is 5.54 Å². The molecular weight excluding hydrogens is 270 g/mol. The standard InChI is InChI=1S/C12H18BrNO2/c1-12(8-15-2)7-9(5-6-14-12)10-3-4-11(13)16-10/h3-4,9,14H,5-8H2,1-2H3. The molecule has 1 N–H and O–H groups in total. The number of methoxy groups -OCH3 is 1. The molecule has 1 aromatic rings. The average Bonchev–Trinajstić information content (AvgIpc) is 2.65. The summed E-state index contributed by atoms with van der Waals surface area (Å²) < 4.78 is 11.7. The van der Waals surface area contributed by atoms with E-state index in [9.17, 15) is 0 Å². The summed E-state index contributed by atoms with van der Waals surface area (Å²) >= 11 is 3.35. The third-order valence-corrected chi connectivity index (χ3v) is 3.63. The second kappa shape index (κ2) is 4.90. The largest absolute Gasteiger partial charge is 0.454 e. The first-order valence-electron chi connectivity index (χ1n) is 5.62. The summed E-state index contributed by atoms with van der Waals surface area (Å²) in [6, 6.07) is 4.03. The highest BCUT2D eigenvalue weighted by atomic mass is 79.9. The van der Waals surface area contributed by atoms with Crippen molar-refractivity contribution in [3.05, 3.63) is 22.6 Å². The Morgan fingerprint density at radius 2 is 2.44 bits per heavy atom. The van der Waals surface area contributed by atoms with Gasteiger partial charge >= 0.3 is 0 Å². The molecule has 4 heteroatoms. The third kappa shape index (κ3) is 2.67. The van der Waals surface area contributed by atoms with Crippen LogP contribution in [0.1, 0.15) is 31.4 Å². The van der Waals surface area contributed by atoms with Crippen LogP contribution in [-0.2, 0) is 4.74 Å². The van der Waals surface area contributed by atoms with Gasteiger partial charge in [-0.3, -0.25) is 0 Å². The predicted octanol–water partition coefficient (Wildman–Crippen LogP) is 2.91. The van der Waals surface area contributed by atoms with Crippen molar-refractivity contribution >= 4 is 15.9 Å². The molecule has 2 unspecified atom stereocenters. The van der Waals surface area contributed by atoms with Gasteiger partial charge in [0, 0.05) is 18.6 Å². The van der Waals surface area contributed by atoms with Crippen molar-refractivity contribution in [1.29, 1.82) is 0 Å². The minimum atomic E-state index is 0.0664. The van der Waals surface area contributed by atoms with Crippen molar-refractivity contribution < 1.29 is 9.15 Å². The van der Waals surface area contributed by atoms with E-state index in [1.54, 1.807) is 7.11 Å². The van der Waals surface area contributed by atoms with Crippen molar-refractivity contribution in [2.45, 2.75) is 31.2 Å². The summed E-state index contributed by atoms with van der Waals surface area (Å²) in [4.78, 5) is 0. The summed E-state index contributed by atoms with van der Waals surface area (Å²) in [5, 5.41) is 3.52. The molecule has 1 saturated heterocycles. The fourth-order valence-corrected chi connectivity index (χ4v) is 2.80. The Labute approximate surface area is 105 Å². The van der Waals surface area contributed by atoms with Crippen LogP contribution in [0.15, 0.2) is 21.2 Å². The zero-order valence-electron chi connectivity index (χ0n) is 9.75. The van der Waals surface area contributed by atoms with E-state index < -0.39 is 0 Å². The van der Waals surface area contributed by atoms with Crippen LogP contribution >= 0.6 is 15.9 Å². The van der Waals surface area contributed by atoms with Crippen LogP contribution in [0, 0.1) is 0 Å². The lowest BCUT2D eigenvalue weighted by Crippen LogP contribution is -2.51. The highest BCUT2D eigenvalue weighted by molar-refractivity contribution is 9.10. The minimum Gasteiger partial charge on any atom is -0.454 e. The molecule has 0 saturated carbocycles. The second-order valence-corrected chi connectivity index (χ2v) is 5.53. The van der Waals surface area contributed by atoms with E-state index in [1.807, 2.05) is 6.07 Å². The molecule has 0 amide bonds. The number of furan rings is 1. The topological polar surface area (TPSA) is 34.4 Å². The quantitative estimate of drug-likeness (QED) is 0.928. The van der Waals surface area contributed by atoms with Gasteiger partial charge in [-0.05, 0) is 54.4 Å². The number of ether oxygens (including phenoxy) is 1. The van der Waals surface area contributed by atoms with Crippen molar-refractivity contribution in [3.63, 3.8) is 0 Å². The molecule has 90 valence electrons. The maximum absolute atomic E-state index is 5.64. The van der Waals surface area contributed by atoms with E-state index in [0.29, 0.717) is 5.92 Å². The molecule has 16 heavy (non-hydrogen) atoms. The van der Waals surface area contributed by atoms with Gasteiger partial charge in [0.25, 0.3) is 0 Å². The first-order chi connectivity index (χ1) is 7.63. The van der Waals surface area contributed by atoms with E-state index in [0.717, 1.165) is 36.4 Å². The Balaban J connectivity index is 2.07. The van der Waals surface area contributed by atoms with Crippen LogP contribution in [0.2, 0.25) is 0 Å².